The van der Waals surface area contributed by atoms with Gasteiger partial charge in [-0.1, -0.05) is 30.3 Å². The van der Waals surface area contributed by atoms with E-state index >= 15 is 0 Å². The van der Waals surface area contributed by atoms with Gasteiger partial charge in [0.05, 0.1) is 0 Å². The predicted octanol–water partition coefficient (Wildman–Crippen LogP) is 1.57. The molecule has 1 heterocycles. The predicted molar refractivity (Wildman–Crippen MR) is 74.1 cm³/mol. The Morgan fingerprint density at radius 2 is 1.84 bits per heavy atom. The molecule has 0 spiro atoms. The Bertz CT molecular complexity index is 542. The molecule has 1 aromatic heterocycles. The fraction of sp³-hybridized carbons (Fsp3) is 0.200. The molecule has 0 aliphatic rings. The van der Waals surface area contributed by atoms with Gasteiger partial charge in [-0.3, -0.25) is 15.1 Å². The average molecular weight is 255 g/mol. The first kappa shape index (κ1) is 13.2. The number of nitrogens with zero attached hydrogens (tertiary/aromatic N) is 1. The quantitative estimate of drug-likeness (QED) is 0.852. The summed E-state index contributed by atoms with van der Waals surface area (Å²) in [6, 6.07) is 13.5. The molecule has 0 saturated heterocycles. The van der Waals surface area contributed by atoms with Crippen molar-refractivity contribution in [2.45, 2.75) is 19.0 Å². The van der Waals surface area contributed by atoms with E-state index in [9.17, 15) is 4.79 Å². The van der Waals surface area contributed by atoms with Crippen LogP contribution in [0.4, 0.5) is 0 Å². The van der Waals surface area contributed by atoms with Crippen molar-refractivity contribution in [2.24, 2.45) is 5.73 Å². The number of carbonyl (C=O) groups excluding carboxylic acids is 1. The summed E-state index contributed by atoms with van der Waals surface area (Å²) in [5, 5.41) is 3.23. The molecule has 1 aromatic carbocycles. The molecule has 19 heavy (non-hydrogen) atoms. The molecule has 0 saturated carbocycles. The van der Waals surface area contributed by atoms with Crippen LogP contribution in [0, 0.1) is 0 Å². The highest BCUT2D eigenvalue weighted by Crippen LogP contribution is 2.20. The molecular weight excluding hydrogens is 238 g/mol. The fourth-order valence-corrected chi connectivity index (χ4v) is 1.89. The lowest BCUT2D eigenvalue weighted by Gasteiger charge is -2.28. The van der Waals surface area contributed by atoms with E-state index in [1.54, 1.807) is 31.5 Å². The second-order valence-corrected chi connectivity index (χ2v) is 4.56. The Morgan fingerprint density at radius 3 is 2.42 bits per heavy atom. The van der Waals surface area contributed by atoms with Crippen LogP contribution in [0.5, 0.6) is 0 Å². The molecule has 1 amide bonds. The number of benzene rings is 1. The van der Waals surface area contributed by atoms with Gasteiger partial charge >= 0.3 is 0 Å². The summed E-state index contributed by atoms with van der Waals surface area (Å²) < 4.78 is 0. The molecule has 0 radical (unpaired) electrons. The minimum atomic E-state index is -0.904. The molecule has 2 aromatic rings. The number of hydrogen-bond donors (Lipinski definition) is 2. The number of aromatic nitrogens is 1. The summed E-state index contributed by atoms with van der Waals surface area (Å²) >= 11 is 0. The van der Waals surface area contributed by atoms with Gasteiger partial charge in [-0.2, -0.15) is 0 Å². The highest BCUT2D eigenvalue weighted by molar-refractivity contribution is 5.85. The van der Waals surface area contributed by atoms with Gasteiger partial charge in [0.1, 0.15) is 5.54 Å². The van der Waals surface area contributed by atoms with Crippen LogP contribution in [0.2, 0.25) is 0 Å². The summed E-state index contributed by atoms with van der Waals surface area (Å²) in [6.45, 7) is 2.36. The van der Waals surface area contributed by atoms with Gasteiger partial charge in [0.2, 0.25) is 5.91 Å². The zero-order chi connectivity index (χ0) is 13.7. The number of rotatable bonds is 5. The topological polar surface area (TPSA) is 68.0 Å². The van der Waals surface area contributed by atoms with Crippen LogP contribution in [0.15, 0.2) is 54.9 Å². The lowest BCUT2D eigenvalue weighted by atomic mass is 9.91. The molecule has 0 aliphatic heterocycles. The van der Waals surface area contributed by atoms with Crippen molar-refractivity contribution in [3.63, 3.8) is 0 Å². The van der Waals surface area contributed by atoms with Crippen molar-refractivity contribution in [1.29, 1.82) is 0 Å². The largest absolute Gasteiger partial charge is 0.368 e. The number of carbonyl (C=O) groups is 1. The third-order valence-electron chi connectivity index (χ3n) is 3.24. The van der Waals surface area contributed by atoms with E-state index in [2.05, 4.69) is 10.3 Å². The smallest absolute Gasteiger partial charge is 0.242 e. The van der Waals surface area contributed by atoms with Crippen molar-refractivity contribution < 1.29 is 4.79 Å². The number of pyridine rings is 1. The Morgan fingerprint density at radius 1 is 1.21 bits per heavy atom. The lowest BCUT2D eigenvalue weighted by Crippen LogP contribution is -2.50. The minimum absolute atomic E-state index is 0.408. The summed E-state index contributed by atoms with van der Waals surface area (Å²) in [7, 11) is 0. The standard InChI is InChI=1S/C15H17N3O/c1-15(14(16)19,13-7-9-17-10-8-13)18-11-12-5-3-2-4-6-12/h2-10,18H,11H2,1H3,(H2,16,19). The number of hydrogen-bond acceptors (Lipinski definition) is 3. The molecule has 3 N–H and O–H groups in total. The maximum absolute atomic E-state index is 11.8. The van der Waals surface area contributed by atoms with Crippen LogP contribution in [0.25, 0.3) is 0 Å². The maximum atomic E-state index is 11.8. The number of primary amides is 1. The second kappa shape index (κ2) is 5.63. The summed E-state index contributed by atoms with van der Waals surface area (Å²) in [6.07, 6.45) is 3.31. The maximum Gasteiger partial charge on any atom is 0.242 e. The lowest BCUT2D eigenvalue weighted by molar-refractivity contribution is -0.124. The van der Waals surface area contributed by atoms with Crippen molar-refractivity contribution in [3.05, 3.63) is 66.0 Å². The molecule has 0 fully saturated rings. The number of nitrogens with two attached hydrogens (primary N) is 1. The molecule has 0 aliphatic carbocycles. The van der Waals surface area contributed by atoms with Gasteiger partial charge in [0.15, 0.2) is 0 Å². The van der Waals surface area contributed by atoms with Gasteiger partial charge < -0.3 is 5.73 Å². The first-order chi connectivity index (χ1) is 9.13. The average Bonchev–Trinajstić information content (AvgIpc) is 2.46. The summed E-state index contributed by atoms with van der Waals surface area (Å²) in [5.41, 5.74) is 6.55. The first-order valence-electron chi connectivity index (χ1n) is 6.12. The summed E-state index contributed by atoms with van der Waals surface area (Å²) in [4.78, 5) is 15.7. The minimum Gasteiger partial charge on any atom is -0.368 e. The number of amides is 1. The molecule has 2 rings (SSSR count). The van der Waals surface area contributed by atoms with Gasteiger partial charge in [-0.05, 0) is 30.2 Å². The van der Waals surface area contributed by atoms with E-state index in [1.165, 1.54) is 0 Å². The van der Waals surface area contributed by atoms with Crippen LogP contribution in [-0.2, 0) is 16.9 Å². The molecular formula is C15H17N3O. The van der Waals surface area contributed by atoms with E-state index in [-0.39, 0.29) is 0 Å². The van der Waals surface area contributed by atoms with Crippen molar-refractivity contribution >= 4 is 5.91 Å². The van der Waals surface area contributed by atoms with E-state index in [4.69, 9.17) is 5.73 Å². The zero-order valence-corrected chi connectivity index (χ0v) is 10.8. The van der Waals surface area contributed by atoms with E-state index < -0.39 is 11.4 Å². The van der Waals surface area contributed by atoms with E-state index in [1.807, 2.05) is 30.3 Å². The highest BCUT2D eigenvalue weighted by atomic mass is 16.1. The normalized spacial score (nSPS) is 13.7. The molecule has 0 bridgehead atoms. The van der Waals surface area contributed by atoms with Gasteiger partial charge in [0.25, 0.3) is 0 Å². The van der Waals surface area contributed by atoms with E-state index in [0.29, 0.717) is 6.54 Å². The van der Waals surface area contributed by atoms with Crippen molar-refractivity contribution in [3.8, 4) is 0 Å². The van der Waals surface area contributed by atoms with Gasteiger partial charge in [-0.25, -0.2) is 0 Å². The molecule has 1 atom stereocenters. The third-order valence-corrected chi connectivity index (χ3v) is 3.24. The van der Waals surface area contributed by atoms with Gasteiger partial charge in [0, 0.05) is 18.9 Å². The fourth-order valence-electron chi connectivity index (χ4n) is 1.89. The van der Waals surface area contributed by atoms with Crippen molar-refractivity contribution in [1.82, 2.24) is 10.3 Å². The van der Waals surface area contributed by atoms with Crippen LogP contribution >= 0.6 is 0 Å². The van der Waals surface area contributed by atoms with E-state index in [0.717, 1.165) is 11.1 Å². The zero-order valence-electron chi connectivity index (χ0n) is 10.8. The Labute approximate surface area is 112 Å². The Kier molecular flexibility index (Phi) is 3.92. The van der Waals surface area contributed by atoms with Crippen LogP contribution in [-0.4, -0.2) is 10.9 Å². The SMILES string of the molecule is CC(NCc1ccccc1)(C(N)=O)c1ccncc1. The molecule has 1 unspecified atom stereocenters. The molecule has 4 nitrogen and oxygen atoms in total. The monoisotopic (exact) mass is 255 g/mol. The summed E-state index contributed by atoms with van der Waals surface area (Å²) in [5.74, 6) is -0.408. The highest BCUT2D eigenvalue weighted by Gasteiger charge is 2.32. The van der Waals surface area contributed by atoms with Crippen LogP contribution in [0.1, 0.15) is 18.1 Å². The van der Waals surface area contributed by atoms with Crippen molar-refractivity contribution in [2.75, 3.05) is 0 Å². The Balaban J connectivity index is 2.19. The number of nitrogens with one attached hydrogen (secondary N) is 1. The third kappa shape index (κ3) is 2.98. The first-order valence-corrected chi connectivity index (χ1v) is 6.12. The molecule has 98 valence electrons. The molecule has 4 heteroatoms. The van der Waals surface area contributed by atoms with Gasteiger partial charge in [-0.15, -0.1) is 0 Å². The second-order valence-electron chi connectivity index (χ2n) is 4.56. The van der Waals surface area contributed by atoms with Crippen LogP contribution in [0.3, 0.4) is 0 Å². The van der Waals surface area contributed by atoms with Crippen LogP contribution < -0.4 is 11.1 Å². The Hall–Kier alpha value is -2.20.